The second-order valence-corrected chi connectivity index (χ2v) is 7.03. The Hall–Kier alpha value is -2.80. The second kappa shape index (κ2) is 7.84. The molecule has 1 fully saturated rings. The van der Waals surface area contributed by atoms with Crippen LogP contribution < -0.4 is 5.56 Å². The molecule has 2 N–H and O–H groups in total. The van der Waals surface area contributed by atoms with Crippen molar-refractivity contribution < 1.29 is 15.0 Å². The summed E-state index contributed by atoms with van der Waals surface area (Å²) in [5, 5.41) is 19.4. The van der Waals surface area contributed by atoms with Gasteiger partial charge in [-0.25, -0.2) is 4.79 Å². The van der Waals surface area contributed by atoms with Crippen molar-refractivity contribution in [2.75, 3.05) is 26.2 Å². The standard InChI is InChI=1S/C20H25N3O4/c1-14-4-3-5-16(15(14)2)13-23-7-6-17(18(24)19(23)25)12-21-8-10-22(11-9-21)20(26)27/h3-7,24H,8-13H2,1-2H3,(H,26,27). The quantitative estimate of drug-likeness (QED) is 0.859. The van der Waals surface area contributed by atoms with Gasteiger partial charge in [0.25, 0.3) is 5.56 Å². The molecule has 1 aliphatic heterocycles. The number of nitrogens with zero attached hydrogens (tertiary/aromatic N) is 3. The molecule has 144 valence electrons. The molecule has 2 aromatic rings. The fourth-order valence-corrected chi connectivity index (χ4v) is 3.36. The molecule has 0 spiro atoms. The number of benzene rings is 1. The van der Waals surface area contributed by atoms with Crippen LogP contribution in [0.4, 0.5) is 4.79 Å². The van der Waals surface area contributed by atoms with Crippen LogP contribution in [-0.2, 0) is 13.1 Å². The zero-order chi connectivity index (χ0) is 19.6. The average molecular weight is 371 g/mol. The van der Waals surface area contributed by atoms with E-state index >= 15 is 0 Å². The molecule has 1 aromatic heterocycles. The van der Waals surface area contributed by atoms with Gasteiger partial charge in [0.15, 0.2) is 5.75 Å². The molecule has 0 aliphatic carbocycles. The highest BCUT2D eigenvalue weighted by Gasteiger charge is 2.21. The van der Waals surface area contributed by atoms with Crippen molar-refractivity contribution in [3.05, 3.63) is 63.1 Å². The van der Waals surface area contributed by atoms with Crippen LogP contribution in [0.5, 0.6) is 5.75 Å². The minimum absolute atomic E-state index is 0.233. The molecule has 1 amide bonds. The Morgan fingerprint density at radius 2 is 1.74 bits per heavy atom. The molecule has 7 heteroatoms. The maximum atomic E-state index is 12.6. The monoisotopic (exact) mass is 371 g/mol. The summed E-state index contributed by atoms with van der Waals surface area (Å²) in [6.07, 6.45) is 0.804. The predicted molar refractivity (Wildman–Crippen MR) is 102 cm³/mol. The first kappa shape index (κ1) is 19.0. The summed E-state index contributed by atoms with van der Waals surface area (Å²) in [4.78, 5) is 27.0. The SMILES string of the molecule is Cc1cccc(Cn2ccc(CN3CCN(C(=O)O)CC3)c(O)c2=O)c1C. The number of carbonyl (C=O) groups is 1. The van der Waals surface area contributed by atoms with Crippen LogP contribution in [-0.4, -0.2) is 56.9 Å². The Morgan fingerprint density at radius 3 is 2.41 bits per heavy atom. The topological polar surface area (TPSA) is 86.0 Å². The van der Waals surface area contributed by atoms with Crippen molar-refractivity contribution in [1.82, 2.24) is 14.4 Å². The Morgan fingerprint density at radius 1 is 1.04 bits per heavy atom. The van der Waals surface area contributed by atoms with Crippen molar-refractivity contribution in [2.45, 2.75) is 26.9 Å². The van der Waals surface area contributed by atoms with Gasteiger partial charge in [-0.05, 0) is 36.6 Å². The number of hydrogen-bond acceptors (Lipinski definition) is 4. The van der Waals surface area contributed by atoms with Crippen LogP contribution in [0.1, 0.15) is 22.3 Å². The fourth-order valence-electron chi connectivity index (χ4n) is 3.36. The first-order chi connectivity index (χ1) is 12.9. The number of hydrogen-bond donors (Lipinski definition) is 2. The lowest BCUT2D eigenvalue weighted by Crippen LogP contribution is -2.47. The van der Waals surface area contributed by atoms with Gasteiger partial charge < -0.3 is 19.7 Å². The van der Waals surface area contributed by atoms with Crippen LogP contribution in [0, 0.1) is 13.8 Å². The van der Waals surface area contributed by atoms with E-state index in [4.69, 9.17) is 5.11 Å². The summed E-state index contributed by atoms with van der Waals surface area (Å²) in [6, 6.07) is 7.76. The molecule has 2 heterocycles. The molecular weight excluding hydrogens is 346 g/mol. The minimum Gasteiger partial charge on any atom is -0.503 e. The van der Waals surface area contributed by atoms with E-state index in [-0.39, 0.29) is 5.75 Å². The third-order valence-electron chi connectivity index (χ3n) is 5.32. The second-order valence-electron chi connectivity index (χ2n) is 7.03. The van der Waals surface area contributed by atoms with E-state index in [0.717, 1.165) is 11.1 Å². The molecule has 0 unspecified atom stereocenters. The summed E-state index contributed by atoms with van der Waals surface area (Å²) in [5.74, 6) is -0.233. The molecule has 1 aromatic carbocycles. The first-order valence-corrected chi connectivity index (χ1v) is 9.03. The smallest absolute Gasteiger partial charge is 0.407 e. The van der Waals surface area contributed by atoms with Crippen molar-refractivity contribution in [3.8, 4) is 5.75 Å². The van der Waals surface area contributed by atoms with Crippen LogP contribution in [0.15, 0.2) is 35.3 Å². The van der Waals surface area contributed by atoms with Gasteiger partial charge in [-0.3, -0.25) is 9.69 Å². The first-order valence-electron chi connectivity index (χ1n) is 9.03. The molecule has 1 aliphatic rings. The summed E-state index contributed by atoms with van der Waals surface area (Å²) in [5.41, 5.74) is 3.53. The van der Waals surface area contributed by atoms with E-state index in [9.17, 15) is 14.7 Å². The van der Waals surface area contributed by atoms with Crippen LogP contribution >= 0.6 is 0 Å². The third kappa shape index (κ3) is 4.14. The van der Waals surface area contributed by atoms with E-state index in [2.05, 4.69) is 0 Å². The highest BCUT2D eigenvalue weighted by atomic mass is 16.4. The number of piperazine rings is 1. The number of carboxylic acid groups (broad SMARTS) is 1. The molecule has 3 rings (SSSR count). The van der Waals surface area contributed by atoms with Crippen molar-refractivity contribution in [2.24, 2.45) is 0 Å². The van der Waals surface area contributed by atoms with Gasteiger partial charge in [0.05, 0.1) is 6.54 Å². The van der Waals surface area contributed by atoms with E-state index in [1.165, 1.54) is 15.0 Å². The number of aryl methyl sites for hydroxylation is 1. The van der Waals surface area contributed by atoms with Gasteiger partial charge in [-0.1, -0.05) is 18.2 Å². The van der Waals surface area contributed by atoms with E-state index in [1.807, 2.05) is 36.9 Å². The molecule has 0 radical (unpaired) electrons. The molecule has 7 nitrogen and oxygen atoms in total. The van der Waals surface area contributed by atoms with Gasteiger partial charge in [0, 0.05) is 44.5 Å². The summed E-state index contributed by atoms with van der Waals surface area (Å²) in [6.45, 7) is 6.93. The van der Waals surface area contributed by atoms with Gasteiger partial charge in [0.2, 0.25) is 0 Å². The van der Waals surface area contributed by atoms with E-state index < -0.39 is 11.7 Å². The van der Waals surface area contributed by atoms with E-state index in [1.54, 1.807) is 12.3 Å². The normalized spacial score (nSPS) is 15.1. The minimum atomic E-state index is -0.911. The summed E-state index contributed by atoms with van der Waals surface area (Å²) in [7, 11) is 0. The van der Waals surface area contributed by atoms with Gasteiger partial charge in [-0.2, -0.15) is 0 Å². The Balaban J connectivity index is 1.73. The summed E-state index contributed by atoms with van der Waals surface area (Å²) < 4.78 is 1.52. The maximum Gasteiger partial charge on any atom is 0.407 e. The predicted octanol–water partition coefficient (Wildman–Crippen LogP) is 2.01. The van der Waals surface area contributed by atoms with Gasteiger partial charge in [-0.15, -0.1) is 0 Å². The largest absolute Gasteiger partial charge is 0.503 e. The van der Waals surface area contributed by atoms with Crippen molar-refractivity contribution in [1.29, 1.82) is 0 Å². The molecule has 0 saturated carbocycles. The molecule has 0 atom stereocenters. The number of aromatic nitrogens is 1. The van der Waals surface area contributed by atoms with Gasteiger partial charge >= 0.3 is 6.09 Å². The molecule has 1 saturated heterocycles. The lowest BCUT2D eigenvalue weighted by molar-refractivity contribution is 0.102. The Kier molecular flexibility index (Phi) is 5.51. The number of rotatable bonds is 4. The average Bonchev–Trinajstić information content (AvgIpc) is 2.65. The molecule has 27 heavy (non-hydrogen) atoms. The van der Waals surface area contributed by atoms with Crippen LogP contribution in [0.25, 0.3) is 0 Å². The van der Waals surface area contributed by atoms with Crippen LogP contribution in [0.3, 0.4) is 0 Å². The number of aromatic hydroxyl groups is 1. The molecular formula is C20H25N3O4. The highest BCUT2D eigenvalue weighted by molar-refractivity contribution is 5.65. The highest BCUT2D eigenvalue weighted by Crippen LogP contribution is 2.17. The Bertz CT molecular complexity index is 899. The summed E-state index contributed by atoms with van der Waals surface area (Å²) >= 11 is 0. The van der Waals surface area contributed by atoms with Crippen molar-refractivity contribution >= 4 is 6.09 Å². The molecule has 0 bridgehead atoms. The lowest BCUT2D eigenvalue weighted by Gasteiger charge is -2.33. The zero-order valence-corrected chi connectivity index (χ0v) is 15.7. The van der Waals surface area contributed by atoms with Gasteiger partial charge in [0.1, 0.15) is 0 Å². The fraction of sp³-hybridized carbons (Fsp3) is 0.400. The van der Waals surface area contributed by atoms with E-state index in [0.29, 0.717) is 44.8 Å². The number of pyridine rings is 1. The lowest BCUT2D eigenvalue weighted by atomic mass is 10.0. The third-order valence-corrected chi connectivity index (χ3v) is 5.32. The van der Waals surface area contributed by atoms with Crippen LogP contribution in [0.2, 0.25) is 0 Å². The number of amides is 1. The van der Waals surface area contributed by atoms with Crippen molar-refractivity contribution in [3.63, 3.8) is 0 Å². The Labute approximate surface area is 158 Å². The zero-order valence-electron chi connectivity index (χ0n) is 15.7. The maximum absolute atomic E-state index is 12.6.